The molecule has 0 radical (unpaired) electrons. The molecule has 6 rings (SSSR count). The summed E-state index contributed by atoms with van der Waals surface area (Å²) in [6.07, 6.45) is -0.139. The van der Waals surface area contributed by atoms with Crippen molar-refractivity contribution in [2.24, 2.45) is 0 Å². The van der Waals surface area contributed by atoms with Crippen molar-refractivity contribution in [3.8, 4) is 17.2 Å². The van der Waals surface area contributed by atoms with Gasteiger partial charge in [0.2, 0.25) is 5.91 Å². The molecule has 5 atom stereocenters. The van der Waals surface area contributed by atoms with Crippen LogP contribution in [0.1, 0.15) is 36.0 Å². The molecular formula is C30H30F3N3O7. The maximum absolute atomic E-state index is 13.4. The highest BCUT2D eigenvalue weighted by Crippen LogP contribution is 2.67. The summed E-state index contributed by atoms with van der Waals surface area (Å²) in [5.74, 6) is -1.17. The number of benzene rings is 2. The molecule has 10 nitrogen and oxygen atoms in total. The zero-order chi connectivity index (χ0) is 30.9. The number of ether oxygens (including phenoxy) is 2. The first-order valence-electron chi connectivity index (χ1n) is 13.9. The minimum Gasteiger partial charge on any atom is -0.504 e. The Morgan fingerprint density at radius 3 is 2.81 bits per heavy atom. The molecule has 43 heavy (non-hydrogen) atoms. The van der Waals surface area contributed by atoms with E-state index in [1.807, 2.05) is 0 Å². The maximum atomic E-state index is 13.4. The maximum Gasteiger partial charge on any atom is 0.573 e. The summed E-state index contributed by atoms with van der Waals surface area (Å²) >= 11 is 0. The number of phenols is 1. The third-order valence-electron chi connectivity index (χ3n) is 9.56. The van der Waals surface area contributed by atoms with Crippen LogP contribution in [0.2, 0.25) is 0 Å². The van der Waals surface area contributed by atoms with Gasteiger partial charge in [-0.25, -0.2) is 0 Å². The number of aromatic hydroxyl groups is 1. The third-order valence-corrected chi connectivity index (χ3v) is 9.56. The van der Waals surface area contributed by atoms with Gasteiger partial charge in [0, 0.05) is 36.8 Å². The Labute approximate surface area is 244 Å². The zero-order valence-electron chi connectivity index (χ0n) is 23.2. The molecule has 2 aliphatic heterocycles. The molecule has 1 amide bonds. The summed E-state index contributed by atoms with van der Waals surface area (Å²) in [5, 5.41) is 35.5. The predicted molar refractivity (Wildman–Crippen MR) is 148 cm³/mol. The number of hydrogen-bond donors (Lipinski definition) is 2. The average molecular weight is 602 g/mol. The SMILES string of the molecule is C=CCN1CC[C@]23c4c5c([N+](=O)[O-])cc(O)c4O[C@H]2[C@H](N(C)C(=O)C=Cc2cccc(OC(F)(F)F)c2)CC[C@@]3(O)[C@H]1C5. The lowest BCUT2D eigenvalue weighted by molar-refractivity contribution is -0.386. The van der Waals surface area contributed by atoms with Crippen molar-refractivity contribution in [3.63, 3.8) is 0 Å². The van der Waals surface area contributed by atoms with Gasteiger partial charge in [-0.3, -0.25) is 19.8 Å². The smallest absolute Gasteiger partial charge is 0.504 e. The van der Waals surface area contributed by atoms with Gasteiger partial charge in [-0.05, 0) is 56.0 Å². The lowest BCUT2D eigenvalue weighted by Gasteiger charge is -2.64. The quantitative estimate of drug-likeness (QED) is 0.211. The summed E-state index contributed by atoms with van der Waals surface area (Å²) in [6.45, 7) is 4.85. The molecule has 2 heterocycles. The minimum absolute atomic E-state index is 0.101. The van der Waals surface area contributed by atoms with Gasteiger partial charge in [-0.1, -0.05) is 18.2 Å². The van der Waals surface area contributed by atoms with E-state index in [1.54, 1.807) is 13.1 Å². The molecule has 2 bridgehead atoms. The van der Waals surface area contributed by atoms with E-state index in [9.17, 15) is 38.3 Å². The number of rotatable bonds is 7. The van der Waals surface area contributed by atoms with Crippen LogP contribution in [-0.2, 0) is 16.6 Å². The molecule has 2 N–H and O–H groups in total. The first-order chi connectivity index (χ1) is 20.3. The Morgan fingerprint density at radius 2 is 2.12 bits per heavy atom. The van der Waals surface area contributed by atoms with Gasteiger partial charge < -0.3 is 24.6 Å². The first kappa shape index (κ1) is 29.0. The number of alkyl halides is 3. The number of phenolic OH excluding ortho intramolecular Hbond substituents is 1. The summed E-state index contributed by atoms with van der Waals surface area (Å²) < 4.78 is 48.3. The Hall–Kier alpha value is -4.10. The topological polar surface area (TPSA) is 126 Å². The number of likely N-dealkylation sites (N-methyl/N-ethyl adjacent to an activating group) is 1. The van der Waals surface area contributed by atoms with E-state index in [2.05, 4.69) is 16.2 Å². The number of carbonyl (C=O) groups is 1. The number of hydrogen-bond acceptors (Lipinski definition) is 8. The fraction of sp³-hybridized carbons (Fsp3) is 0.433. The molecule has 2 aliphatic carbocycles. The summed E-state index contributed by atoms with van der Waals surface area (Å²) in [6, 6.07) is 5.25. The molecule has 13 heteroatoms. The Bertz CT molecular complexity index is 1550. The van der Waals surface area contributed by atoms with Crippen molar-refractivity contribution in [2.75, 3.05) is 20.1 Å². The Kier molecular flexibility index (Phi) is 6.73. The minimum atomic E-state index is -4.85. The van der Waals surface area contributed by atoms with Gasteiger partial charge >= 0.3 is 6.36 Å². The summed E-state index contributed by atoms with van der Waals surface area (Å²) in [5.41, 5.74) is -1.53. The number of amides is 1. The lowest BCUT2D eigenvalue weighted by Crippen LogP contribution is -2.78. The van der Waals surface area contributed by atoms with Gasteiger partial charge in [0.1, 0.15) is 11.9 Å². The highest BCUT2D eigenvalue weighted by Gasteiger charge is 2.74. The van der Waals surface area contributed by atoms with Gasteiger partial charge in [0.15, 0.2) is 11.5 Å². The van der Waals surface area contributed by atoms with Gasteiger partial charge in [-0.2, -0.15) is 0 Å². The number of carbonyl (C=O) groups excluding carboxylic acids is 1. The Morgan fingerprint density at radius 1 is 1.35 bits per heavy atom. The van der Waals surface area contributed by atoms with E-state index in [0.717, 1.165) is 18.2 Å². The van der Waals surface area contributed by atoms with Gasteiger partial charge in [0.05, 0.1) is 28.0 Å². The van der Waals surface area contributed by atoms with Crippen LogP contribution in [0.5, 0.6) is 17.2 Å². The molecule has 0 aromatic heterocycles. The number of piperidine rings is 1. The second-order valence-electron chi connectivity index (χ2n) is 11.6. The number of nitrogens with zero attached hydrogens (tertiary/aromatic N) is 3. The zero-order valence-corrected chi connectivity index (χ0v) is 23.2. The number of likely N-dealkylation sites (tertiary alicyclic amines) is 1. The number of halogens is 3. The number of aliphatic hydroxyl groups is 1. The fourth-order valence-electron chi connectivity index (χ4n) is 7.88. The van der Waals surface area contributed by atoms with Crippen LogP contribution in [0.25, 0.3) is 6.08 Å². The highest BCUT2D eigenvalue weighted by molar-refractivity contribution is 5.92. The van der Waals surface area contributed by atoms with Crippen molar-refractivity contribution in [2.45, 2.75) is 61.2 Å². The summed E-state index contributed by atoms with van der Waals surface area (Å²) in [7, 11) is 1.57. The van der Waals surface area contributed by atoms with Crippen LogP contribution in [0, 0.1) is 10.1 Å². The second kappa shape index (κ2) is 9.98. The van der Waals surface area contributed by atoms with Crippen LogP contribution in [-0.4, -0.2) is 81.1 Å². The van der Waals surface area contributed by atoms with Crippen molar-refractivity contribution >= 4 is 17.7 Å². The normalized spacial score (nSPS) is 29.1. The predicted octanol–water partition coefficient (Wildman–Crippen LogP) is 4.08. The average Bonchev–Trinajstić information content (AvgIpc) is 3.28. The molecule has 2 fully saturated rings. The van der Waals surface area contributed by atoms with Crippen LogP contribution in [0.4, 0.5) is 18.9 Å². The van der Waals surface area contributed by atoms with Gasteiger partial charge in [-0.15, -0.1) is 19.8 Å². The van der Waals surface area contributed by atoms with Gasteiger partial charge in [0.25, 0.3) is 5.69 Å². The molecule has 0 unspecified atom stereocenters. The summed E-state index contributed by atoms with van der Waals surface area (Å²) in [4.78, 5) is 28.5. The van der Waals surface area contributed by atoms with E-state index in [1.165, 1.54) is 29.2 Å². The Balaban J connectivity index is 1.36. The molecule has 228 valence electrons. The fourth-order valence-corrected chi connectivity index (χ4v) is 7.88. The molecule has 4 aliphatic rings. The molecular weight excluding hydrogens is 571 g/mol. The van der Waals surface area contributed by atoms with Crippen LogP contribution < -0.4 is 9.47 Å². The third kappa shape index (κ3) is 4.36. The monoisotopic (exact) mass is 601 g/mol. The van der Waals surface area contributed by atoms with Crippen molar-refractivity contribution < 1.29 is 42.6 Å². The van der Waals surface area contributed by atoms with E-state index in [4.69, 9.17) is 4.74 Å². The molecule has 2 aromatic rings. The second-order valence-corrected chi connectivity index (χ2v) is 11.6. The highest BCUT2D eigenvalue weighted by atomic mass is 19.4. The molecule has 1 saturated carbocycles. The standard InChI is InChI=1S/C30H30F3N3O7/c1-3-12-35-13-11-28-25-19-15-23(35)29(28,39)10-9-20(27(28)42-26(25)22(37)16-21(19)36(40)41)34(2)24(38)8-7-17-5-4-6-18(14-17)43-30(31,32)33/h3-8,14,16,20,23,27,37,39H,1,9-13,15H2,2H3/t20-,23-,27+,28+,29-/m1/s1. The van der Waals surface area contributed by atoms with Crippen molar-refractivity contribution in [3.05, 3.63) is 75.9 Å². The molecule has 1 spiro atoms. The number of nitro groups is 1. The van der Waals surface area contributed by atoms with Crippen LogP contribution in [0.15, 0.2) is 49.1 Å². The lowest BCUT2D eigenvalue weighted by atomic mass is 9.48. The largest absolute Gasteiger partial charge is 0.573 e. The van der Waals surface area contributed by atoms with Crippen molar-refractivity contribution in [1.29, 1.82) is 0 Å². The first-order valence-corrected chi connectivity index (χ1v) is 13.9. The number of nitro benzene ring substituents is 1. The molecule has 1 saturated heterocycles. The van der Waals surface area contributed by atoms with Crippen LogP contribution >= 0.6 is 0 Å². The van der Waals surface area contributed by atoms with E-state index in [0.29, 0.717) is 42.6 Å². The van der Waals surface area contributed by atoms with Crippen LogP contribution in [0.3, 0.4) is 0 Å². The van der Waals surface area contributed by atoms with E-state index < -0.39 is 57.9 Å². The van der Waals surface area contributed by atoms with Crippen molar-refractivity contribution in [1.82, 2.24) is 9.80 Å². The molecule has 2 aromatic carbocycles. The van der Waals surface area contributed by atoms with E-state index >= 15 is 0 Å². The van der Waals surface area contributed by atoms with E-state index in [-0.39, 0.29) is 24.3 Å².